The molecular formula is C18H21N3O4. The molecule has 0 radical (unpaired) electrons. The topological polar surface area (TPSA) is 89.5 Å². The Balaban J connectivity index is 2.17. The highest BCUT2D eigenvalue weighted by atomic mass is 16.5. The van der Waals surface area contributed by atoms with Gasteiger partial charge in [0, 0.05) is 30.4 Å². The van der Waals surface area contributed by atoms with Gasteiger partial charge in [0.25, 0.3) is 5.91 Å². The second-order valence-electron chi connectivity index (χ2n) is 5.09. The minimum absolute atomic E-state index is 0.252. The van der Waals surface area contributed by atoms with Crippen LogP contribution in [0.15, 0.2) is 36.5 Å². The first-order valence-electron chi connectivity index (χ1n) is 7.98. The van der Waals surface area contributed by atoms with Crippen molar-refractivity contribution in [2.24, 2.45) is 0 Å². The molecule has 0 unspecified atom stereocenters. The van der Waals surface area contributed by atoms with Crippen LogP contribution in [-0.2, 0) is 4.79 Å². The largest absolute Gasteiger partial charge is 0.490 e. The standard InChI is InChI=1S/C18H21N3O4/c1-4-24-15-7-6-14(11-16(15)25-5-2)21-18(23)13-8-9-19-17(10-13)20-12(3)22/h6-11H,4-5H2,1-3H3,(H,21,23)(H,19,20,22). The summed E-state index contributed by atoms with van der Waals surface area (Å²) in [6.45, 7) is 6.16. The quantitative estimate of drug-likeness (QED) is 0.806. The normalized spacial score (nSPS) is 10.0. The minimum atomic E-state index is -0.319. The van der Waals surface area contributed by atoms with E-state index in [1.807, 2.05) is 13.8 Å². The first kappa shape index (κ1) is 18.3. The van der Waals surface area contributed by atoms with Gasteiger partial charge in [-0.25, -0.2) is 4.98 Å². The molecule has 2 rings (SSSR count). The molecule has 2 aromatic rings. The Morgan fingerprint density at radius 1 is 1.00 bits per heavy atom. The Hall–Kier alpha value is -3.09. The van der Waals surface area contributed by atoms with Crippen LogP contribution in [0.25, 0.3) is 0 Å². The van der Waals surface area contributed by atoms with Gasteiger partial charge in [0.2, 0.25) is 5.91 Å². The third-order valence-corrected chi connectivity index (χ3v) is 3.13. The summed E-state index contributed by atoms with van der Waals surface area (Å²) in [5, 5.41) is 5.34. The smallest absolute Gasteiger partial charge is 0.255 e. The van der Waals surface area contributed by atoms with E-state index in [9.17, 15) is 9.59 Å². The minimum Gasteiger partial charge on any atom is -0.490 e. The third-order valence-electron chi connectivity index (χ3n) is 3.13. The molecule has 0 aliphatic heterocycles. The maximum absolute atomic E-state index is 12.4. The van der Waals surface area contributed by atoms with E-state index in [-0.39, 0.29) is 11.8 Å². The van der Waals surface area contributed by atoms with Gasteiger partial charge in [-0.15, -0.1) is 0 Å². The van der Waals surface area contributed by atoms with Crippen molar-refractivity contribution >= 4 is 23.3 Å². The van der Waals surface area contributed by atoms with Crippen LogP contribution < -0.4 is 20.1 Å². The number of rotatable bonds is 7. The fourth-order valence-electron chi connectivity index (χ4n) is 2.15. The zero-order valence-corrected chi connectivity index (χ0v) is 14.5. The molecule has 0 saturated heterocycles. The molecule has 0 atom stereocenters. The highest BCUT2D eigenvalue weighted by Gasteiger charge is 2.11. The summed E-state index contributed by atoms with van der Waals surface area (Å²) in [7, 11) is 0. The van der Waals surface area contributed by atoms with Crippen LogP contribution in [0.2, 0.25) is 0 Å². The summed E-state index contributed by atoms with van der Waals surface area (Å²) >= 11 is 0. The van der Waals surface area contributed by atoms with Crippen molar-refractivity contribution in [1.29, 1.82) is 0 Å². The first-order chi connectivity index (χ1) is 12.0. The zero-order valence-electron chi connectivity index (χ0n) is 14.5. The fourth-order valence-corrected chi connectivity index (χ4v) is 2.15. The second kappa shape index (κ2) is 8.68. The molecule has 1 aromatic carbocycles. The Morgan fingerprint density at radius 2 is 1.72 bits per heavy atom. The van der Waals surface area contributed by atoms with Crippen molar-refractivity contribution in [1.82, 2.24) is 4.98 Å². The molecule has 0 fully saturated rings. The molecule has 7 nitrogen and oxygen atoms in total. The van der Waals surface area contributed by atoms with Crippen molar-refractivity contribution in [2.45, 2.75) is 20.8 Å². The van der Waals surface area contributed by atoms with Gasteiger partial charge in [-0.05, 0) is 38.1 Å². The molecule has 2 N–H and O–H groups in total. The lowest BCUT2D eigenvalue weighted by atomic mass is 10.2. The summed E-state index contributed by atoms with van der Waals surface area (Å²) in [5.74, 6) is 0.940. The second-order valence-corrected chi connectivity index (χ2v) is 5.09. The lowest BCUT2D eigenvalue weighted by molar-refractivity contribution is -0.114. The average Bonchev–Trinajstić information content (AvgIpc) is 2.57. The van der Waals surface area contributed by atoms with Gasteiger partial charge in [-0.3, -0.25) is 9.59 Å². The molecule has 1 heterocycles. The predicted molar refractivity (Wildman–Crippen MR) is 95.3 cm³/mol. The maximum atomic E-state index is 12.4. The van der Waals surface area contributed by atoms with Gasteiger partial charge >= 0.3 is 0 Å². The van der Waals surface area contributed by atoms with E-state index in [1.54, 1.807) is 24.3 Å². The van der Waals surface area contributed by atoms with Gasteiger partial charge in [0.05, 0.1) is 13.2 Å². The molecular weight excluding hydrogens is 322 g/mol. The van der Waals surface area contributed by atoms with E-state index >= 15 is 0 Å². The highest BCUT2D eigenvalue weighted by molar-refractivity contribution is 6.05. The summed E-state index contributed by atoms with van der Waals surface area (Å²) in [6.07, 6.45) is 1.46. The van der Waals surface area contributed by atoms with Crippen molar-refractivity contribution in [3.8, 4) is 11.5 Å². The van der Waals surface area contributed by atoms with Crippen LogP contribution in [0.1, 0.15) is 31.1 Å². The van der Waals surface area contributed by atoms with Crippen molar-refractivity contribution < 1.29 is 19.1 Å². The number of ether oxygens (including phenoxy) is 2. The SMILES string of the molecule is CCOc1ccc(NC(=O)c2ccnc(NC(C)=O)c2)cc1OCC. The molecule has 0 aliphatic rings. The number of nitrogens with zero attached hydrogens (tertiary/aromatic N) is 1. The molecule has 7 heteroatoms. The Labute approximate surface area is 146 Å². The van der Waals surface area contributed by atoms with Gasteiger partial charge in [-0.1, -0.05) is 0 Å². The summed E-state index contributed by atoms with van der Waals surface area (Å²) in [5.41, 5.74) is 0.959. The number of carbonyl (C=O) groups is 2. The molecule has 132 valence electrons. The number of hydrogen-bond donors (Lipinski definition) is 2. The number of hydrogen-bond acceptors (Lipinski definition) is 5. The van der Waals surface area contributed by atoms with Crippen LogP contribution >= 0.6 is 0 Å². The van der Waals surface area contributed by atoms with Crippen molar-refractivity contribution in [3.63, 3.8) is 0 Å². The lowest BCUT2D eigenvalue weighted by Crippen LogP contribution is -2.14. The van der Waals surface area contributed by atoms with E-state index in [4.69, 9.17) is 9.47 Å². The average molecular weight is 343 g/mol. The van der Waals surface area contributed by atoms with E-state index in [0.29, 0.717) is 41.8 Å². The number of aromatic nitrogens is 1. The number of benzene rings is 1. The zero-order chi connectivity index (χ0) is 18.2. The fraction of sp³-hybridized carbons (Fsp3) is 0.278. The number of carbonyl (C=O) groups excluding carboxylic acids is 2. The Kier molecular flexibility index (Phi) is 6.33. The monoisotopic (exact) mass is 343 g/mol. The highest BCUT2D eigenvalue weighted by Crippen LogP contribution is 2.30. The van der Waals surface area contributed by atoms with Gasteiger partial charge in [0.1, 0.15) is 5.82 Å². The van der Waals surface area contributed by atoms with Gasteiger partial charge in [0.15, 0.2) is 11.5 Å². The maximum Gasteiger partial charge on any atom is 0.255 e. The Morgan fingerprint density at radius 3 is 2.40 bits per heavy atom. The van der Waals surface area contributed by atoms with Crippen LogP contribution in [0.5, 0.6) is 11.5 Å². The summed E-state index contributed by atoms with van der Waals surface area (Å²) in [6, 6.07) is 8.27. The third kappa shape index (κ3) is 5.20. The Bertz CT molecular complexity index is 762. The first-order valence-corrected chi connectivity index (χ1v) is 7.98. The van der Waals surface area contributed by atoms with Crippen LogP contribution in [0.3, 0.4) is 0 Å². The molecule has 0 saturated carbocycles. The molecule has 0 bridgehead atoms. The van der Waals surface area contributed by atoms with Crippen LogP contribution in [0, 0.1) is 0 Å². The summed E-state index contributed by atoms with van der Waals surface area (Å²) in [4.78, 5) is 27.5. The molecule has 25 heavy (non-hydrogen) atoms. The molecule has 0 spiro atoms. The van der Waals surface area contributed by atoms with E-state index in [0.717, 1.165) is 0 Å². The van der Waals surface area contributed by atoms with Crippen molar-refractivity contribution in [3.05, 3.63) is 42.1 Å². The number of nitrogens with one attached hydrogen (secondary N) is 2. The number of pyridine rings is 1. The summed E-state index contributed by atoms with van der Waals surface area (Å²) < 4.78 is 11.0. The van der Waals surface area contributed by atoms with E-state index in [1.165, 1.54) is 19.2 Å². The van der Waals surface area contributed by atoms with E-state index < -0.39 is 0 Å². The molecule has 1 aromatic heterocycles. The van der Waals surface area contributed by atoms with Gasteiger partial charge in [-0.2, -0.15) is 0 Å². The number of amides is 2. The lowest BCUT2D eigenvalue weighted by Gasteiger charge is -2.13. The van der Waals surface area contributed by atoms with Crippen LogP contribution in [-0.4, -0.2) is 30.0 Å². The van der Waals surface area contributed by atoms with E-state index in [2.05, 4.69) is 15.6 Å². The van der Waals surface area contributed by atoms with Crippen molar-refractivity contribution in [2.75, 3.05) is 23.8 Å². The molecule has 0 aliphatic carbocycles. The number of anilines is 2. The predicted octanol–water partition coefficient (Wildman–Crippen LogP) is 3.09. The van der Waals surface area contributed by atoms with Gasteiger partial charge < -0.3 is 20.1 Å². The molecule has 2 amide bonds. The van der Waals surface area contributed by atoms with Crippen LogP contribution in [0.4, 0.5) is 11.5 Å².